The minimum Gasteiger partial charge on any atom is -0.488 e. The standard InChI is InChI=1S/C22H14BrFN2O3/c23-20-12-16(11-17(13-25)19-3-1-2-4-21(19)24)7-10-22(20)29-14-15-5-8-18(9-6-15)26(27)28/h1-12H,14H2. The van der Waals surface area contributed by atoms with Crippen LogP contribution in [-0.4, -0.2) is 4.92 Å². The Kier molecular flexibility index (Phi) is 6.37. The highest BCUT2D eigenvalue weighted by molar-refractivity contribution is 9.10. The molecule has 0 spiro atoms. The second-order valence-electron chi connectivity index (χ2n) is 6.05. The van der Waals surface area contributed by atoms with Crippen LogP contribution >= 0.6 is 15.9 Å². The fraction of sp³-hybridized carbons (Fsp3) is 0.0455. The van der Waals surface area contributed by atoms with E-state index in [9.17, 15) is 19.8 Å². The third kappa shape index (κ3) is 5.06. The molecule has 144 valence electrons. The summed E-state index contributed by atoms with van der Waals surface area (Å²) in [6, 6.07) is 19.5. The summed E-state index contributed by atoms with van der Waals surface area (Å²) in [5, 5.41) is 20.1. The quantitative estimate of drug-likeness (QED) is 0.195. The van der Waals surface area contributed by atoms with E-state index in [0.717, 1.165) is 5.56 Å². The molecule has 29 heavy (non-hydrogen) atoms. The molecular weight excluding hydrogens is 439 g/mol. The molecule has 0 amide bonds. The first-order valence-electron chi connectivity index (χ1n) is 8.50. The molecule has 0 saturated heterocycles. The van der Waals surface area contributed by atoms with E-state index < -0.39 is 10.7 Å². The predicted octanol–water partition coefficient (Wildman–Crippen LogP) is 6.14. The van der Waals surface area contributed by atoms with Crippen LogP contribution in [0.1, 0.15) is 16.7 Å². The van der Waals surface area contributed by atoms with E-state index in [1.165, 1.54) is 18.2 Å². The number of nitriles is 1. The third-order valence-electron chi connectivity index (χ3n) is 4.09. The first-order valence-corrected chi connectivity index (χ1v) is 9.29. The number of nitrogens with zero attached hydrogens (tertiary/aromatic N) is 2. The molecule has 0 bridgehead atoms. The lowest BCUT2D eigenvalue weighted by molar-refractivity contribution is -0.384. The second kappa shape index (κ2) is 9.13. The van der Waals surface area contributed by atoms with Crippen molar-refractivity contribution in [3.05, 3.63) is 104 Å². The van der Waals surface area contributed by atoms with Gasteiger partial charge in [-0.2, -0.15) is 5.26 Å². The first-order chi connectivity index (χ1) is 14.0. The van der Waals surface area contributed by atoms with E-state index in [0.29, 0.717) is 15.8 Å². The van der Waals surface area contributed by atoms with Crippen LogP contribution in [-0.2, 0) is 6.61 Å². The summed E-state index contributed by atoms with van der Waals surface area (Å²) >= 11 is 3.43. The van der Waals surface area contributed by atoms with Crippen molar-refractivity contribution in [1.29, 1.82) is 5.26 Å². The topological polar surface area (TPSA) is 76.2 Å². The molecule has 0 aliphatic rings. The van der Waals surface area contributed by atoms with Gasteiger partial charge in [0.1, 0.15) is 18.2 Å². The number of ether oxygens (including phenoxy) is 1. The van der Waals surface area contributed by atoms with Gasteiger partial charge in [-0.15, -0.1) is 0 Å². The summed E-state index contributed by atoms with van der Waals surface area (Å²) in [6.07, 6.45) is 1.60. The molecule has 3 aromatic rings. The Morgan fingerprint density at radius 2 is 1.90 bits per heavy atom. The Bertz CT molecular complexity index is 1120. The Morgan fingerprint density at radius 1 is 1.17 bits per heavy atom. The van der Waals surface area contributed by atoms with E-state index in [-0.39, 0.29) is 23.4 Å². The normalized spacial score (nSPS) is 11.0. The molecule has 0 saturated carbocycles. The zero-order valence-corrected chi connectivity index (χ0v) is 16.6. The molecule has 5 nitrogen and oxygen atoms in total. The molecule has 0 N–H and O–H groups in total. The van der Waals surface area contributed by atoms with E-state index in [4.69, 9.17) is 4.74 Å². The van der Waals surface area contributed by atoms with E-state index >= 15 is 0 Å². The third-order valence-corrected chi connectivity index (χ3v) is 4.71. The first kappa shape index (κ1) is 20.2. The minimum absolute atomic E-state index is 0.0224. The van der Waals surface area contributed by atoms with Gasteiger partial charge in [0.2, 0.25) is 0 Å². The molecule has 0 aliphatic carbocycles. The zero-order valence-electron chi connectivity index (χ0n) is 15.0. The number of halogens is 2. The maximum atomic E-state index is 13.9. The molecule has 0 heterocycles. The lowest BCUT2D eigenvalue weighted by Crippen LogP contribution is -1.97. The van der Waals surface area contributed by atoms with Gasteiger partial charge in [-0.3, -0.25) is 10.1 Å². The zero-order chi connectivity index (χ0) is 20.8. The van der Waals surface area contributed by atoms with Crippen molar-refractivity contribution in [3.8, 4) is 11.8 Å². The van der Waals surface area contributed by atoms with Crippen molar-refractivity contribution in [2.45, 2.75) is 6.61 Å². The summed E-state index contributed by atoms with van der Waals surface area (Å²) < 4.78 is 20.4. The Balaban J connectivity index is 1.75. The van der Waals surface area contributed by atoms with Crippen LogP contribution in [0.5, 0.6) is 5.75 Å². The SMILES string of the molecule is N#CC(=Cc1ccc(OCc2ccc([N+](=O)[O-])cc2)c(Br)c1)c1ccccc1F. The highest BCUT2D eigenvalue weighted by Gasteiger charge is 2.09. The van der Waals surface area contributed by atoms with Crippen LogP contribution in [0.25, 0.3) is 11.6 Å². The molecule has 0 unspecified atom stereocenters. The van der Waals surface area contributed by atoms with Gasteiger partial charge in [0.05, 0.1) is 21.0 Å². The van der Waals surface area contributed by atoms with Crippen LogP contribution in [0.2, 0.25) is 0 Å². The van der Waals surface area contributed by atoms with Crippen LogP contribution in [0, 0.1) is 27.3 Å². The number of rotatable bonds is 6. The van der Waals surface area contributed by atoms with E-state index in [2.05, 4.69) is 15.9 Å². The fourth-order valence-electron chi connectivity index (χ4n) is 2.62. The molecule has 0 aliphatic heterocycles. The number of benzene rings is 3. The van der Waals surface area contributed by atoms with Gasteiger partial charge in [-0.25, -0.2) is 4.39 Å². The second-order valence-corrected chi connectivity index (χ2v) is 6.91. The number of hydrogen-bond donors (Lipinski definition) is 0. The molecule has 0 radical (unpaired) electrons. The Morgan fingerprint density at radius 3 is 2.52 bits per heavy atom. The Hall–Kier alpha value is -3.50. The van der Waals surface area contributed by atoms with Gasteiger partial charge < -0.3 is 4.74 Å². The van der Waals surface area contributed by atoms with Crippen molar-refractivity contribution in [2.75, 3.05) is 0 Å². The predicted molar refractivity (Wildman–Crippen MR) is 111 cm³/mol. The fourth-order valence-corrected chi connectivity index (χ4v) is 3.13. The summed E-state index contributed by atoms with van der Waals surface area (Å²) in [5.41, 5.74) is 1.98. The average molecular weight is 453 g/mol. The highest BCUT2D eigenvalue weighted by Crippen LogP contribution is 2.29. The molecule has 3 aromatic carbocycles. The summed E-state index contributed by atoms with van der Waals surface area (Å²) in [6.45, 7) is 0.241. The summed E-state index contributed by atoms with van der Waals surface area (Å²) in [5.74, 6) is 0.118. The summed E-state index contributed by atoms with van der Waals surface area (Å²) in [7, 11) is 0. The maximum absolute atomic E-state index is 13.9. The van der Waals surface area contributed by atoms with Crippen molar-refractivity contribution in [1.82, 2.24) is 0 Å². The van der Waals surface area contributed by atoms with Crippen LogP contribution in [0.3, 0.4) is 0 Å². The van der Waals surface area contributed by atoms with Crippen LogP contribution in [0.15, 0.2) is 71.2 Å². The van der Waals surface area contributed by atoms with Crippen molar-refractivity contribution in [2.24, 2.45) is 0 Å². The van der Waals surface area contributed by atoms with Gasteiger partial charge in [0.25, 0.3) is 5.69 Å². The largest absolute Gasteiger partial charge is 0.488 e. The van der Waals surface area contributed by atoms with E-state index in [1.54, 1.807) is 54.6 Å². The smallest absolute Gasteiger partial charge is 0.269 e. The minimum atomic E-state index is -0.456. The van der Waals surface area contributed by atoms with Gasteiger partial charge in [0.15, 0.2) is 0 Å². The molecule has 0 aromatic heterocycles. The Labute approximate surface area is 175 Å². The van der Waals surface area contributed by atoms with Gasteiger partial charge in [0, 0.05) is 17.7 Å². The maximum Gasteiger partial charge on any atom is 0.269 e. The number of nitro groups is 1. The lowest BCUT2D eigenvalue weighted by Gasteiger charge is -2.09. The molecule has 3 rings (SSSR count). The lowest BCUT2D eigenvalue weighted by atomic mass is 10.0. The average Bonchev–Trinajstić information content (AvgIpc) is 2.72. The van der Waals surface area contributed by atoms with Crippen LogP contribution in [0.4, 0.5) is 10.1 Å². The van der Waals surface area contributed by atoms with Crippen LogP contribution < -0.4 is 4.74 Å². The molecule has 7 heteroatoms. The summed E-state index contributed by atoms with van der Waals surface area (Å²) in [4.78, 5) is 10.2. The van der Waals surface area contributed by atoms with Crippen molar-refractivity contribution < 1.29 is 14.1 Å². The molecular formula is C22H14BrFN2O3. The number of non-ortho nitro benzene ring substituents is 1. The van der Waals surface area contributed by atoms with Crippen molar-refractivity contribution in [3.63, 3.8) is 0 Å². The monoisotopic (exact) mass is 452 g/mol. The molecule has 0 atom stereocenters. The van der Waals surface area contributed by atoms with Crippen molar-refractivity contribution >= 4 is 33.3 Å². The van der Waals surface area contributed by atoms with E-state index in [1.807, 2.05) is 6.07 Å². The van der Waals surface area contributed by atoms with Gasteiger partial charge in [-0.05, 0) is 63.5 Å². The highest BCUT2D eigenvalue weighted by atomic mass is 79.9. The number of nitro benzene ring substituents is 1. The number of allylic oxidation sites excluding steroid dienone is 1. The van der Waals surface area contributed by atoms with Gasteiger partial charge >= 0.3 is 0 Å². The molecule has 0 fully saturated rings. The van der Waals surface area contributed by atoms with Gasteiger partial charge in [-0.1, -0.05) is 24.3 Å². The number of hydrogen-bond acceptors (Lipinski definition) is 4.